The fraction of sp³-hybridized carbons (Fsp3) is 0.231. The second-order valence-corrected chi connectivity index (χ2v) is 4.98. The van der Waals surface area contributed by atoms with Gasteiger partial charge in [-0.15, -0.1) is 0 Å². The molecule has 88 valence electrons. The zero-order chi connectivity index (χ0) is 12.4. The Morgan fingerprint density at radius 1 is 1.29 bits per heavy atom. The highest BCUT2D eigenvalue weighted by Crippen LogP contribution is 2.24. The van der Waals surface area contributed by atoms with Crippen molar-refractivity contribution in [2.45, 2.75) is 19.9 Å². The molecule has 0 bridgehead atoms. The molecule has 0 radical (unpaired) electrons. The van der Waals surface area contributed by atoms with Crippen molar-refractivity contribution in [2.75, 3.05) is 0 Å². The van der Waals surface area contributed by atoms with Crippen molar-refractivity contribution in [1.29, 1.82) is 0 Å². The molecule has 0 unspecified atom stereocenters. The third-order valence-corrected chi connectivity index (χ3v) is 3.08. The van der Waals surface area contributed by atoms with Gasteiger partial charge in [0.1, 0.15) is 5.69 Å². The smallest absolute Gasteiger partial charge is 0.270 e. The van der Waals surface area contributed by atoms with Crippen LogP contribution >= 0.6 is 15.9 Å². The molecule has 0 aliphatic rings. The second kappa shape index (κ2) is 4.84. The molecule has 4 heteroatoms. The lowest BCUT2D eigenvalue weighted by atomic mass is 10.1. The summed E-state index contributed by atoms with van der Waals surface area (Å²) in [5.41, 5.74) is 0.470. The van der Waals surface area contributed by atoms with E-state index in [4.69, 9.17) is 0 Å². The minimum Gasteiger partial charge on any atom is -0.349 e. The van der Waals surface area contributed by atoms with Crippen molar-refractivity contribution in [3.63, 3.8) is 0 Å². The third-order valence-electron chi connectivity index (χ3n) is 2.39. The number of aromatic nitrogens is 1. The summed E-state index contributed by atoms with van der Waals surface area (Å²) in [6.45, 7) is 3.86. The van der Waals surface area contributed by atoms with Crippen LogP contribution < -0.4 is 5.32 Å². The van der Waals surface area contributed by atoms with Gasteiger partial charge in [-0.2, -0.15) is 0 Å². The molecule has 0 aliphatic heterocycles. The molecule has 0 saturated heterocycles. The molecule has 1 aromatic carbocycles. The van der Waals surface area contributed by atoms with E-state index in [0.29, 0.717) is 5.69 Å². The first kappa shape index (κ1) is 12.0. The normalized spacial score (nSPS) is 10.8. The molecule has 0 aliphatic carbocycles. The Morgan fingerprint density at radius 2 is 2.06 bits per heavy atom. The summed E-state index contributed by atoms with van der Waals surface area (Å²) in [4.78, 5) is 16.2. The molecule has 1 heterocycles. The van der Waals surface area contributed by atoms with E-state index in [1.165, 1.54) is 0 Å². The van der Waals surface area contributed by atoms with Crippen LogP contribution in [0.25, 0.3) is 10.8 Å². The number of pyridine rings is 1. The molecular weight excluding hydrogens is 280 g/mol. The van der Waals surface area contributed by atoms with Crippen LogP contribution in [0, 0.1) is 0 Å². The van der Waals surface area contributed by atoms with Crippen LogP contribution in [-0.4, -0.2) is 16.9 Å². The number of halogens is 1. The number of benzene rings is 1. The summed E-state index contributed by atoms with van der Waals surface area (Å²) in [7, 11) is 0. The summed E-state index contributed by atoms with van der Waals surface area (Å²) in [5.74, 6) is -0.135. The highest BCUT2D eigenvalue weighted by molar-refractivity contribution is 9.10. The van der Waals surface area contributed by atoms with Gasteiger partial charge in [0, 0.05) is 22.1 Å². The van der Waals surface area contributed by atoms with E-state index in [2.05, 4.69) is 26.2 Å². The van der Waals surface area contributed by atoms with E-state index in [9.17, 15) is 4.79 Å². The predicted octanol–water partition coefficient (Wildman–Crippen LogP) is 3.14. The molecule has 3 nitrogen and oxygen atoms in total. The predicted molar refractivity (Wildman–Crippen MR) is 72.0 cm³/mol. The fourth-order valence-corrected chi connectivity index (χ4v) is 2.18. The van der Waals surface area contributed by atoms with Crippen LogP contribution in [0.2, 0.25) is 0 Å². The van der Waals surface area contributed by atoms with Crippen LogP contribution in [0.15, 0.2) is 34.9 Å². The van der Waals surface area contributed by atoms with Crippen molar-refractivity contribution in [3.05, 3.63) is 40.6 Å². The molecule has 0 fully saturated rings. The highest BCUT2D eigenvalue weighted by Gasteiger charge is 2.13. The van der Waals surface area contributed by atoms with Crippen molar-refractivity contribution >= 4 is 32.6 Å². The van der Waals surface area contributed by atoms with Gasteiger partial charge in [-0.3, -0.25) is 9.78 Å². The minimum absolute atomic E-state index is 0.103. The number of amides is 1. The first-order valence-corrected chi connectivity index (χ1v) is 6.23. The molecule has 0 spiro atoms. The number of carbonyl (C=O) groups is 1. The van der Waals surface area contributed by atoms with Crippen LogP contribution in [0.3, 0.4) is 0 Å². The summed E-state index contributed by atoms with van der Waals surface area (Å²) < 4.78 is 0.969. The molecule has 2 rings (SSSR count). The van der Waals surface area contributed by atoms with Gasteiger partial charge < -0.3 is 5.32 Å². The van der Waals surface area contributed by atoms with Gasteiger partial charge in [-0.1, -0.05) is 28.1 Å². The van der Waals surface area contributed by atoms with E-state index in [-0.39, 0.29) is 11.9 Å². The molecule has 2 aromatic rings. The van der Waals surface area contributed by atoms with E-state index in [1.54, 1.807) is 6.20 Å². The Morgan fingerprint density at radius 3 is 2.76 bits per heavy atom. The third kappa shape index (κ3) is 2.47. The van der Waals surface area contributed by atoms with E-state index < -0.39 is 0 Å². The van der Waals surface area contributed by atoms with E-state index in [1.807, 2.05) is 38.1 Å². The molecule has 1 aromatic heterocycles. The lowest BCUT2D eigenvalue weighted by Gasteiger charge is -2.10. The van der Waals surface area contributed by atoms with Crippen LogP contribution in [0.1, 0.15) is 24.3 Å². The van der Waals surface area contributed by atoms with Crippen molar-refractivity contribution in [2.24, 2.45) is 0 Å². The lowest BCUT2D eigenvalue weighted by Crippen LogP contribution is -2.30. The van der Waals surface area contributed by atoms with Crippen molar-refractivity contribution < 1.29 is 4.79 Å². The van der Waals surface area contributed by atoms with Crippen molar-refractivity contribution in [3.8, 4) is 0 Å². The summed E-state index contributed by atoms with van der Waals surface area (Å²) in [6, 6.07) is 7.76. The Hall–Kier alpha value is -1.42. The van der Waals surface area contributed by atoms with E-state index >= 15 is 0 Å². The molecule has 1 N–H and O–H groups in total. The second-order valence-electron chi connectivity index (χ2n) is 4.12. The number of hydrogen-bond acceptors (Lipinski definition) is 2. The Bertz CT molecular complexity index is 566. The summed E-state index contributed by atoms with van der Waals surface area (Å²) in [6.07, 6.45) is 1.66. The average Bonchev–Trinajstić information content (AvgIpc) is 2.28. The standard InChI is InChI=1S/C13H13BrN2O/c1-8(2)16-13(17)12-10-4-3-5-11(14)9(10)6-7-15-12/h3-8H,1-2H3,(H,16,17). The number of hydrogen-bond donors (Lipinski definition) is 1. The summed E-state index contributed by atoms with van der Waals surface area (Å²) >= 11 is 3.47. The largest absolute Gasteiger partial charge is 0.349 e. The maximum Gasteiger partial charge on any atom is 0.270 e. The van der Waals surface area contributed by atoms with Gasteiger partial charge in [0.15, 0.2) is 0 Å². The summed E-state index contributed by atoms with van der Waals surface area (Å²) in [5, 5.41) is 4.71. The topological polar surface area (TPSA) is 42.0 Å². The average molecular weight is 293 g/mol. The quantitative estimate of drug-likeness (QED) is 0.924. The molecule has 0 saturated carbocycles. The van der Waals surface area contributed by atoms with Gasteiger partial charge >= 0.3 is 0 Å². The van der Waals surface area contributed by atoms with Gasteiger partial charge in [0.25, 0.3) is 5.91 Å². The lowest BCUT2D eigenvalue weighted by molar-refractivity contribution is 0.0940. The Kier molecular flexibility index (Phi) is 3.43. The van der Waals surface area contributed by atoms with Crippen LogP contribution in [-0.2, 0) is 0 Å². The highest BCUT2D eigenvalue weighted by atomic mass is 79.9. The monoisotopic (exact) mass is 292 g/mol. The number of rotatable bonds is 2. The zero-order valence-corrected chi connectivity index (χ0v) is 11.3. The first-order valence-electron chi connectivity index (χ1n) is 5.43. The van der Waals surface area contributed by atoms with E-state index in [0.717, 1.165) is 15.2 Å². The molecular formula is C13H13BrN2O. The zero-order valence-electron chi connectivity index (χ0n) is 9.70. The number of fused-ring (bicyclic) bond motifs is 1. The molecule has 1 amide bonds. The number of nitrogens with one attached hydrogen (secondary N) is 1. The van der Waals surface area contributed by atoms with Gasteiger partial charge in [-0.05, 0) is 31.4 Å². The van der Waals surface area contributed by atoms with Gasteiger partial charge in [0.2, 0.25) is 0 Å². The first-order chi connectivity index (χ1) is 8.09. The number of nitrogens with zero attached hydrogens (tertiary/aromatic N) is 1. The Labute approximate surface area is 108 Å². The number of carbonyl (C=O) groups excluding carboxylic acids is 1. The van der Waals surface area contributed by atoms with Crippen LogP contribution in [0.4, 0.5) is 0 Å². The Balaban J connectivity index is 2.55. The van der Waals surface area contributed by atoms with Gasteiger partial charge in [0.05, 0.1) is 0 Å². The maximum atomic E-state index is 12.0. The maximum absolute atomic E-state index is 12.0. The fourth-order valence-electron chi connectivity index (χ4n) is 1.68. The SMILES string of the molecule is CC(C)NC(=O)c1nccc2c(Br)cccc12. The minimum atomic E-state index is -0.135. The molecule has 17 heavy (non-hydrogen) atoms. The van der Waals surface area contributed by atoms with Crippen molar-refractivity contribution in [1.82, 2.24) is 10.3 Å². The van der Waals surface area contributed by atoms with Crippen LogP contribution in [0.5, 0.6) is 0 Å². The molecule has 0 atom stereocenters. The van der Waals surface area contributed by atoms with Gasteiger partial charge in [-0.25, -0.2) is 0 Å².